The van der Waals surface area contributed by atoms with E-state index in [4.69, 9.17) is 8.83 Å². The van der Waals surface area contributed by atoms with E-state index < -0.39 is 0 Å². The van der Waals surface area contributed by atoms with Gasteiger partial charge in [0.15, 0.2) is 11.2 Å². The van der Waals surface area contributed by atoms with Gasteiger partial charge in [-0.2, -0.15) is 0 Å². The summed E-state index contributed by atoms with van der Waals surface area (Å²) in [6.07, 6.45) is 0. The molecule has 3 aromatic carbocycles. The third-order valence-corrected chi connectivity index (χ3v) is 5.77. The molecule has 2 aromatic heterocycles. The molecule has 0 amide bonds. The molecule has 0 atom stereocenters. The van der Waals surface area contributed by atoms with Gasteiger partial charge < -0.3 is 8.83 Å². The summed E-state index contributed by atoms with van der Waals surface area (Å²) in [5, 5.41) is 4.31. The van der Waals surface area contributed by atoms with E-state index in [1.54, 1.807) is 0 Å². The third-order valence-electron chi connectivity index (χ3n) is 4.06. The minimum Gasteiger partial charge on any atom is -0.455 e. The first-order valence-electron chi connectivity index (χ1n) is 6.94. The van der Waals surface area contributed by atoms with Crippen LogP contribution in [0.15, 0.2) is 64.7 Å². The summed E-state index contributed by atoms with van der Waals surface area (Å²) in [5.41, 5.74) is 3.34. The second kappa shape index (κ2) is 4.85. The van der Waals surface area contributed by atoms with Crippen molar-refractivity contribution in [1.82, 2.24) is 0 Å². The van der Waals surface area contributed by atoms with Gasteiger partial charge >= 0.3 is 0 Å². The minimum absolute atomic E-state index is 0.809. The molecule has 2 heterocycles. The van der Waals surface area contributed by atoms with Gasteiger partial charge in [-0.3, -0.25) is 0 Å². The Balaban J connectivity index is 2.05. The third kappa shape index (κ3) is 1.96. The number of hydrogen-bond donors (Lipinski definition) is 0. The van der Waals surface area contributed by atoms with Gasteiger partial charge in [-0.1, -0.05) is 31.9 Å². The zero-order valence-corrected chi connectivity index (χ0v) is 16.2. The van der Waals surface area contributed by atoms with E-state index in [9.17, 15) is 0 Å². The lowest BCUT2D eigenvalue weighted by Crippen LogP contribution is -1.72. The molecule has 5 heteroatoms. The number of rotatable bonds is 0. The second-order valence-corrected chi connectivity index (χ2v) is 8.05. The van der Waals surface area contributed by atoms with Crippen LogP contribution in [0, 0.1) is 0 Å². The van der Waals surface area contributed by atoms with Crippen LogP contribution in [0.3, 0.4) is 0 Å². The molecule has 5 rings (SSSR count). The van der Waals surface area contributed by atoms with Crippen LogP contribution in [0.4, 0.5) is 0 Å². The largest absolute Gasteiger partial charge is 0.455 e. The molecule has 0 aliphatic carbocycles. The molecule has 0 aliphatic rings. The molecule has 0 aliphatic heterocycles. The fourth-order valence-electron chi connectivity index (χ4n) is 3.04. The maximum atomic E-state index is 6.03. The molecular weight excluding hydrogens is 488 g/mol. The summed E-state index contributed by atoms with van der Waals surface area (Å²) in [6.45, 7) is 0. The fourth-order valence-corrected chi connectivity index (χ4v) is 4.35. The highest BCUT2D eigenvalue weighted by molar-refractivity contribution is 9.11. The zero-order chi connectivity index (χ0) is 15.7. The molecule has 2 nitrogen and oxygen atoms in total. The van der Waals surface area contributed by atoms with Crippen molar-refractivity contribution in [2.45, 2.75) is 0 Å². The SMILES string of the molecule is Brc1ccc2oc3c(Br)c4oc5ccc(Br)cc5c4cc3c2c1. The monoisotopic (exact) mass is 492 g/mol. The van der Waals surface area contributed by atoms with E-state index >= 15 is 0 Å². The Hall–Kier alpha value is -1.30. The van der Waals surface area contributed by atoms with Gasteiger partial charge in [0.05, 0.1) is 0 Å². The van der Waals surface area contributed by atoms with Gasteiger partial charge in [0.1, 0.15) is 15.6 Å². The highest BCUT2D eigenvalue weighted by Gasteiger charge is 2.18. The van der Waals surface area contributed by atoms with E-state index in [1.165, 1.54) is 0 Å². The first-order chi connectivity index (χ1) is 11.1. The molecule has 112 valence electrons. The number of fused-ring (bicyclic) bond motifs is 6. The molecule has 0 saturated heterocycles. The quantitative estimate of drug-likeness (QED) is 0.220. The average molecular weight is 495 g/mol. The second-order valence-electron chi connectivity index (χ2n) is 5.43. The fraction of sp³-hybridized carbons (Fsp3) is 0. The summed E-state index contributed by atoms with van der Waals surface area (Å²) < 4.78 is 15.0. The average Bonchev–Trinajstić information content (AvgIpc) is 3.07. The molecule has 0 N–H and O–H groups in total. The normalized spacial score (nSPS) is 12.1. The predicted octanol–water partition coefficient (Wildman–Crippen LogP) is 7.77. The standard InChI is InChI=1S/C18H7Br3O2/c19-8-1-3-14-10(5-8)12-7-13-11-6-9(20)2-4-15(11)23-18(13)16(21)17(12)22-14/h1-7H. The molecule has 0 saturated carbocycles. The van der Waals surface area contributed by atoms with E-state index in [-0.39, 0.29) is 0 Å². The Morgan fingerprint density at radius 3 is 1.52 bits per heavy atom. The topological polar surface area (TPSA) is 26.3 Å². The van der Waals surface area contributed by atoms with Crippen LogP contribution < -0.4 is 0 Å². The van der Waals surface area contributed by atoms with Crippen molar-refractivity contribution in [2.75, 3.05) is 0 Å². The van der Waals surface area contributed by atoms with Crippen molar-refractivity contribution in [2.24, 2.45) is 0 Å². The van der Waals surface area contributed by atoms with Crippen LogP contribution in [0.5, 0.6) is 0 Å². The lowest BCUT2D eigenvalue weighted by Gasteiger charge is -1.96. The van der Waals surface area contributed by atoms with E-state index in [2.05, 4.69) is 66.0 Å². The maximum absolute atomic E-state index is 6.03. The van der Waals surface area contributed by atoms with Crippen LogP contribution in [-0.4, -0.2) is 0 Å². The van der Waals surface area contributed by atoms with Crippen molar-refractivity contribution >= 4 is 91.7 Å². The summed E-state index contributed by atoms with van der Waals surface area (Å²) in [7, 11) is 0. The van der Waals surface area contributed by atoms with Crippen molar-refractivity contribution in [3.63, 3.8) is 0 Å². The summed E-state index contributed by atoms with van der Waals surface area (Å²) in [5.74, 6) is 0. The van der Waals surface area contributed by atoms with Crippen LogP contribution in [-0.2, 0) is 0 Å². The van der Waals surface area contributed by atoms with Gasteiger partial charge in [-0.25, -0.2) is 0 Å². The lowest BCUT2D eigenvalue weighted by molar-refractivity contribution is 0.652. The molecule has 23 heavy (non-hydrogen) atoms. The van der Waals surface area contributed by atoms with Crippen molar-refractivity contribution < 1.29 is 8.83 Å². The number of halogens is 3. The van der Waals surface area contributed by atoms with Gasteiger partial charge in [0, 0.05) is 30.5 Å². The molecule has 0 unspecified atom stereocenters. The Morgan fingerprint density at radius 1 is 0.565 bits per heavy atom. The predicted molar refractivity (Wildman–Crippen MR) is 104 cm³/mol. The molecule has 0 radical (unpaired) electrons. The Kier molecular flexibility index (Phi) is 2.97. The van der Waals surface area contributed by atoms with Gasteiger partial charge in [0.2, 0.25) is 0 Å². The molecule has 0 fully saturated rings. The van der Waals surface area contributed by atoms with Crippen LogP contribution in [0.25, 0.3) is 43.9 Å². The lowest BCUT2D eigenvalue weighted by atomic mass is 10.1. The molecule has 0 bridgehead atoms. The van der Waals surface area contributed by atoms with E-state index in [0.717, 1.165) is 57.3 Å². The number of hydrogen-bond acceptors (Lipinski definition) is 2. The van der Waals surface area contributed by atoms with Crippen LogP contribution >= 0.6 is 47.8 Å². The summed E-state index contributed by atoms with van der Waals surface area (Å²) >= 11 is 10.7. The zero-order valence-electron chi connectivity index (χ0n) is 11.5. The van der Waals surface area contributed by atoms with E-state index in [0.29, 0.717) is 0 Å². The highest BCUT2D eigenvalue weighted by Crippen LogP contribution is 2.43. The molecule has 5 aromatic rings. The maximum Gasteiger partial charge on any atom is 0.153 e. The molecular formula is C18H7Br3O2. The molecule has 0 spiro atoms. The van der Waals surface area contributed by atoms with Gasteiger partial charge in [-0.15, -0.1) is 0 Å². The Morgan fingerprint density at radius 2 is 1.04 bits per heavy atom. The van der Waals surface area contributed by atoms with Gasteiger partial charge in [0.25, 0.3) is 0 Å². The Bertz CT molecular complexity index is 1150. The highest BCUT2D eigenvalue weighted by atomic mass is 79.9. The van der Waals surface area contributed by atoms with Crippen LogP contribution in [0.1, 0.15) is 0 Å². The van der Waals surface area contributed by atoms with Crippen molar-refractivity contribution in [1.29, 1.82) is 0 Å². The van der Waals surface area contributed by atoms with Crippen molar-refractivity contribution in [3.8, 4) is 0 Å². The number of furan rings is 2. The van der Waals surface area contributed by atoms with Crippen molar-refractivity contribution in [3.05, 3.63) is 55.9 Å². The summed E-state index contributed by atoms with van der Waals surface area (Å²) in [4.78, 5) is 0. The smallest absolute Gasteiger partial charge is 0.153 e. The first-order valence-corrected chi connectivity index (χ1v) is 9.32. The van der Waals surface area contributed by atoms with Gasteiger partial charge in [-0.05, 0) is 58.4 Å². The Labute approximate surface area is 155 Å². The van der Waals surface area contributed by atoms with Crippen LogP contribution in [0.2, 0.25) is 0 Å². The first kappa shape index (κ1) is 14.1. The minimum atomic E-state index is 0.809. The van der Waals surface area contributed by atoms with E-state index in [1.807, 2.05) is 24.3 Å². The summed E-state index contributed by atoms with van der Waals surface area (Å²) in [6, 6.07) is 14.2. The number of benzene rings is 3.